The van der Waals surface area contributed by atoms with E-state index in [9.17, 15) is 9.59 Å². The normalized spacial score (nSPS) is 14.6. The Balaban J connectivity index is 2.75. The van der Waals surface area contributed by atoms with Crippen LogP contribution in [0.2, 0.25) is 0 Å². The first-order valence-corrected chi connectivity index (χ1v) is 4.39. The highest BCUT2D eigenvalue weighted by atomic mass is 16.1. The van der Waals surface area contributed by atoms with Gasteiger partial charge in [-0.1, -0.05) is 0 Å². The van der Waals surface area contributed by atoms with Gasteiger partial charge in [0.25, 0.3) is 11.2 Å². The number of nitrogens with zero attached hydrogens (tertiary/aromatic N) is 1. The number of aromatic nitrogens is 1. The number of hydrogen-bond acceptors (Lipinski definition) is 2. The number of nitrogens with one attached hydrogen (secondary N) is 1. The lowest BCUT2D eigenvalue weighted by Gasteiger charge is -2.14. The van der Waals surface area contributed by atoms with Crippen molar-refractivity contribution in [2.45, 2.75) is 19.3 Å². The highest BCUT2D eigenvalue weighted by molar-refractivity contribution is 5.99. The molecule has 1 heterocycles. The second-order valence-electron chi connectivity index (χ2n) is 3.25. The largest absolute Gasteiger partial charge is 0.337 e. The van der Waals surface area contributed by atoms with E-state index in [1.165, 1.54) is 6.20 Å². The van der Waals surface area contributed by atoms with E-state index >= 15 is 0 Å². The molecule has 0 amide bonds. The molecular formula is C10H8N2O2. The molecule has 0 spiro atoms. The topological polar surface area (TPSA) is 54.3 Å². The predicted molar refractivity (Wildman–Crippen MR) is 50.6 cm³/mol. The van der Waals surface area contributed by atoms with Crippen molar-refractivity contribution in [1.29, 1.82) is 0 Å². The lowest BCUT2D eigenvalue weighted by Crippen LogP contribution is -2.17. The van der Waals surface area contributed by atoms with Crippen LogP contribution in [0.5, 0.6) is 0 Å². The maximum Gasteiger partial charge on any atom is 0.254 e. The maximum absolute atomic E-state index is 11.4. The van der Waals surface area contributed by atoms with E-state index in [-0.39, 0.29) is 11.5 Å². The van der Waals surface area contributed by atoms with E-state index < -0.39 is 5.56 Å². The molecule has 1 aromatic rings. The zero-order valence-electron chi connectivity index (χ0n) is 7.46. The molecule has 0 fully saturated rings. The van der Waals surface area contributed by atoms with Crippen LogP contribution in [0.3, 0.4) is 0 Å². The fraction of sp³-hybridized carbons (Fsp3) is 0.300. The molecule has 0 unspecified atom stereocenters. The van der Waals surface area contributed by atoms with Crippen molar-refractivity contribution in [3.8, 4) is 0 Å². The van der Waals surface area contributed by atoms with Gasteiger partial charge in [-0.15, -0.1) is 0 Å². The third kappa shape index (κ3) is 1.14. The summed E-state index contributed by atoms with van der Waals surface area (Å²) in [7, 11) is 0. The molecule has 1 aliphatic rings. The Morgan fingerprint density at radius 2 is 2.14 bits per heavy atom. The summed E-state index contributed by atoms with van der Waals surface area (Å²) in [6.45, 7) is 6.88. The van der Waals surface area contributed by atoms with Crippen molar-refractivity contribution < 1.29 is 4.79 Å². The van der Waals surface area contributed by atoms with Crippen molar-refractivity contribution >= 4 is 11.5 Å². The van der Waals surface area contributed by atoms with Gasteiger partial charge in [0.1, 0.15) is 0 Å². The number of fused-ring (bicyclic) bond motifs is 1. The van der Waals surface area contributed by atoms with Gasteiger partial charge in [-0.25, -0.2) is 4.85 Å². The number of pyridine rings is 1. The minimum Gasteiger partial charge on any atom is -0.337 e. The van der Waals surface area contributed by atoms with Gasteiger partial charge in [0.2, 0.25) is 0 Å². The van der Waals surface area contributed by atoms with Crippen LogP contribution in [0, 0.1) is 6.57 Å². The molecule has 1 N–H and O–H groups in total. The molecule has 1 aromatic heterocycles. The fourth-order valence-electron chi connectivity index (χ4n) is 1.74. The maximum atomic E-state index is 11.4. The number of carbonyl (C=O) groups excluding carboxylic acids is 1. The highest BCUT2D eigenvalue weighted by Gasteiger charge is 2.21. The summed E-state index contributed by atoms with van der Waals surface area (Å²) in [5, 5.41) is 0. The number of Topliss-reactive ketones (excluding diaryl/α,β-unsaturated/α-hetero) is 1. The Bertz CT molecular complexity index is 494. The number of ketones is 1. The second-order valence-corrected chi connectivity index (χ2v) is 3.25. The second kappa shape index (κ2) is 3.11. The summed E-state index contributed by atoms with van der Waals surface area (Å²) in [5.74, 6) is 0.0207. The van der Waals surface area contributed by atoms with Crippen LogP contribution in [0.1, 0.15) is 28.8 Å². The summed E-state index contributed by atoms with van der Waals surface area (Å²) < 4.78 is 0. The predicted octanol–water partition coefficient (Wildman–Crippen LogP) is 1.44. The fourth-order valence-corrected chi connectivity index (χ4v) is 1.74. The van der Waals surface area contributed by atoms with Gasteiger partial charge >= 0.3 is 0 Å². The highest BCUT2D eigenvalue weighted by Crippen LogP contribution is 2.25. The van der Waals surface area contributed by atoms with Gasteiger partial charge in [-0.05, 0) is 18.4 Å². The first-order valence-electron chi connectivity index (χ1n) is 4.39. The van der Waals surface area contributed by atoms with Crippen LogP contribution >= 0.6 is 0 Å². The van der Waals surface area contributed by atoms with Crippen molar-refractivity contribution in [2.24, 2.45) is 0 Å². The Kier molecular flexibility index (Phi) is 1.93. The van der Waals surface area contributed by atoms with Crippen LogP contribution in [0.15, 0.2) is 11.0 Å². The molecular weight excluding hydrogens is 180 g/mol. The molecule has 0 bridgehead atoms. The summed E-state index contributed by atoms with van der Waals surface area (Å²) in [4.78, 5) is 28.3. The summed E-state index contributed by atoms with van der Waals surface area (Å²) in [6.07, 6.45) is 3.32. The number of aromatic amines is 1. The summed E-state index contributed by atoms with van der Waals surface area (Å²) in [5.41, 5.74) is 0.825. The number of H-pyrrole nitrogens is 1. The van der Waals surface area contributed by atoms with Gasteiger partial charge in [0, 0.05) is 18.2 Å². The van der Waals surface area contributed by atoms with Crippen LogP contribution in [-0.2, 0) is 6.42 Å². The quantitative estimate of drug-likeness (QED) is 0.626. The summed E-state index contributed by atoms with van der Waals surface area (Å²) in [6, 6.07) is 0. The lowest BCUT2D eigenvalue weighted by atomic mass is 9.91. The van der Waals surface area contributed by atoms with Gasteiger partial charge < -0.3 is 4.98 Å². The Labute approximate surface area is 80.4 Å². The van der Waals surface area contributed by atoms with Crippen LogP contribution in [0.25, 0.3) is 4.85 Å². The van der Waals surface area contributed by atoms with Crippen molar-refractivity contribution in [3.05, 3.63) is 39.1 Å². The SMILES string of the molecule is [C-]#[N+]c1c2c(c[nH]c1=O)C(=O)CCC2. The Hall–Kier alpha value is -1.89. The minimum atomic E-state index is -0.395. The van der Waals surface area contributed by atoms with E-state index in [2.05, 4.69) is 9.83 Å². The first kappa shape index (κ1) is 8.70. The molecule has 0 aromatic carbocycles. The molecule has 0 aliphatic heterocycles. The van der Waals surface area contributed by atoms with E-state index in [1.54, 1.807) is 0 Å². The molecule has 70 valence electrons. The van der Waals surface area contributed by atoms with Gasteiger partial charge in [0.15, 0.2) is 5.78 Å². The lowest BCUT2D eigenvalue weighted by molar-refractivity contribution is 0.0972. The molecule has 0 saturated heterocycles. The van der Waals surface area contributed by atoms with Crippen LogP contribution in [0.4, 0.5) is 5.69 Å². The molecule has 4 heteroatoms. The number of rotatable bonds is 0. The standard InChI is InChI=1S/C10H8N2O2/c1-11-9-6-3-2-4-8(13)7(6)5-12-10(9)14/h5H,2-4H2,(H,12,14). The van der Waals surface area contributed by atoms with Gasteiger partial charge in [0.05, 0.1) is 6.57 Å². The Morgan fingerprint density at radius 1 is 1.36 bits per heavy atom. The van der Waals surface area contributed by atoms with Crippen LogP contribution < -0.4 is 5.56 Å². The molecule has 4 nitrogen and oxygen atoms in total. The van der Waals surface area contributed by atoms with Gasteiger partial charge in [-0.3, -0.25) is 9.59 Å². The monoisotopic (exact) mass is 188 g/mol. The Morgan fingerprint density at radius 3 is 2.86 bits per heavy atom. The molecule has 0 radical (unpaired) electrons. The van der Waals surface area contributed by atoms with E-state index in [1.807, 2.05) is 0 Å². The van der Waals surface area contributed by atoms with Crippen molar-refractivity contribution in [3.63, 3.8) is 0 Å². The number of carbonyl (C=O) groups is 1. The third-order valence-electron chi connectivity index (χ3n) is 2.42. The van der Waals surface area contributed by atoms with Crippen LogP contribution in [-0.4, -0.2) is 10.8 Å². The number of hydrogen-bond donors (Lipinski definition) is 1. The molecule has 2 rings (SSSR count). The van der Waals surface area contributed by atoms with Crippen molar-refractivity contribution in [1.82, 2.24) is 4.98 Å². The average Bonchev–Trinajstić information content (AvgIpc) is 2.18. The van der Waals surface area contributed by atoms with E-state index in [0.717, 1.165) is 6.42 Å². The molecule has 1 aliphatic carbocycles. The average molecular weight is 188 g/mol. The van der Waals surface area contributed by atoms with E-state index in [4.69, 9.17) is 6.57 Å². The zero-order valence-corrected chi connectivity index (χ0v) is 7.46. The molecule has 0 atom stereocenters. The third-order valence-corrected chi connectivity index (χ3v) is 2.42. The smallest absolute Gasteiger partial charge is 0.254 e. The van der Waals surface area contributed by atoms with Crippen molar-refractivity contribution in [2.75, 3.05) is 0 Å². The molecule has 14 heavy (non-hydrogen) atoms. The zero-order chi connectivity index (χ0) is 10.1. The van der Waals surface area contributed by atoms with Gasteiger partial charge in [-0.2, -0.15) is 0 Å². The first-order chi connectivity index (χ1) is 6.74. The summed E-state index contributed by atoms with van der Waals surface area (Å²) >= 11 is 0. The minimum absolute atomic E-state index is 0.0207. The van der Waals surface area contributed by atoms with E-state index in [0.29, 0.717) is 24.0 Å². The molecule has 0 saturated carbocycles.